The van der Waals surface area contributed by atoms with E-state index in [1.807, 2.05) is 18.2 Å². The minimum atomic E-state index is -0.226. The number of carbonyl (C=O) groups excluding carboxylic acids is 2. The second-order valence-corrected chi connectivity index (χ2v) is 5.90. The maximum Gasteiger partial charge on any atom is 0.238 e. The number of fused-ring (bicyclic) bond motifs is 1. The largest absolute Gasteiger partial charge is 0.495 e. The molecule has 0 aromatic heterocycles. The van der Waals surface area contributed by atoms with Crippen LogP contribution >= 0.6 is 15.9 Å². The summed E-state index contributed by atoms with van der Waals surface area (Å²) >= 11 is 3.37. The monoisotopic (exact) mass is 335 g/mol. The van der Waals surface area contributed by atoms with E-state index in [0.717, 1.165) is 4.47 Å². The van der Waals surface area contributed by atoms with E-state index in [-0.39, 0.29) is 23.7 Å². The van der Waals surface area contributed by atoms with Crippen LogP contribution in [-0.4, -0.2) is 18.9 Å². The van der Waals surface area contributed by atoms with Gasteiger partial charge in [-0.05, 0) is 31.0 Å². The quantitative estimate of drug-likeness (QED) is 0.616. The molecule has 1 saturated heterocycles. The van der Waals surface area contributed by atoms with Crippen molar-refractivity contribution in [3.63, 3.8) is 0 Å². The van der Waals surface area contributed by atoms with Crippen LogP contribution in [0.5, 0.6) is 5.75 Å². The van der Waals surface area contributed by atoms with Gasteiger partial charge in [-0.2, -0.15) is 0 Å². The van der Waals surface area contributed by atoms with Crippen LogP contribution in [0.4, 0.5) is 5.69 Å². The Morgan fingerprint density at radius 3 is 2.30 bits per heavy atom. The smallest absolute Gasteiger partial charge is 0.238 e. The third kappa shape index (κ3) is 1.97. The molecule has 1 aliphatic heterocycles. The second kappa shape index (κ2) is 5.05. The van der Waals surface area contributed by atoms with Crippen molar-refractivity contribution in [1.29, 1.82) is 0 Å². The number of rotatable bonds is 2. The number of methoxy groups -OCH3 is 1. The van der Waals surface area contributed by atoms with E-state index in [1.165, 1.54) is 12.0 Å². The highest BCUT2D eigenvalue weighted by molar-refractivity contribution is 9.10. The van der Waals surface area contributed by atoms with Gasteiger partial charge in [-0.3, -0.25) is 9.59 Å². The van der Waals surface area contributed by atoms with Crippen molar-refractivity contribution in [2.45, 2.75) is 12.8 Å². The van der Waals surface area contributed by atoms with E-state index >= 15 is 0 Å². The molecule has 2 unspecified atom stereocenters. The van der Waals surface area contributed by atoms with Gasteiger partial charge in [0.15, 0.2) is 0 Å². The number of hydrogen-bond acceptors (Lipinski definition) is 3. The molecule has 0 N–H and O–H groups in total. The normalized spacial score (nSPS) is 25.0. The van der Waals surface area contributed by atoms with Crippen LogP contribution in [0.1, 0.15) is 12.8 Å². The van der Waals surface area contributed by atoms with Gasteiger partial charge in [0.05, 0.1) is 24.6 Å². The van der Waals surface area contributed by atoms with E-state index in [2.05, 4.69) is 15.9 Å². The van der Waals surface area contributed by atoms with Gasteiger partial charge in [0.2, 0.25) is 11.8 Å². The second-order valence-electron chi connectivity index (χ2n) is 4.98. The highest BCUT2D eigenvalue weighted by Gasteiger charge is 2.48. The Balaban J connectivity index is 2.05. The van der Waals surface area contributed by atoms with Gasteiger partial charge >= 0.3 is 0 Å². The van der Waals surface area contributed by atoms with E-state index in [0.29, 0.717) is 24.3 Å². The highest BCUT2D eigenvalue weighted by Crippen LogP contribution is 2.41. The zero-order valence-electron chi connectivity index (χ0n) is 11.0. The molecule has 0 saturated carbocycles. The molecule has 104 valence electrons. The molecule has 1 fully saturated rings. The molecule has 1 heterocycles. The predicted octanol–water partition coefficient (Wildman–Crippen LogP) is 2.91. The average Bonchev–Trinajstić information content (AvgIpc) is 2.71. The third-order valence-corrected chi connectivity index (χ3v) is 4.38. The molecule has 5 heteroatoms. The average molecular weight is 336 g/mol. The Kier molecular flexibility index (Phi) is 3.38. The summed E-state index contributed by atoms with van der Waals surface area (Å²) in [6, 6.07) is 5.32. The SMILES string of the molecule is COc1ccc(Br)cc1N1C(=O)C2CC=CCC2C1=O. The van der Waals surface area contributed by atoms with Gasteiger partial charge in [-0.1, -0.05) is 28.1 Å². The molecule has 2 atom stereocenters. The Morgan fingerprint density at radius 1 is 1.15 bits per heavy atom. The van der Waals surface area contributed by atoms with Gasteiger partial charge in [0, 0.05) is 4.47 Å². The van der Waals surface area contributed by atoms with Gasteiger partial charge in [-0.25, -0.2) is 4.90 Å². The van der Waals surface area contributed by atoms with E-state index in [9.17, 15) is 9.59 Å². The Morgan fingerprint density at radius 2 is 1.75 bits per heavy atom. The van der Waals surface area contributed by atoms with Crippen molar-refractivity contribution in [2.75, 3.05) is 12.0 Å². The Hall–Kier alpha value is -1.62. The van der Waals surface area contributed by atoms with Gasteiger partial charge < -0.3 is 4.74 Å². The first-order valence-electron chi connectivity index (χ1n) is 6.50. The maximum absolute atomic E-state index is 12.5. The first-order chi connectivity index (χ1) is 9.63. The molecule has 1 aromatic rings. The lowest BCUT2D eigenvalue weighted by Gasteiger charge is -2.18. The fourth-order valence-electron chi connectivity index (χ4n) is 2.88. The molecule has 1 aromatic carbocycles. The fraction of sp³-hybridized carbons (Fsp3) is 0.333. The molecule has 0 radical (unpaired) electrons. The van der Waals surface area contributed by atoms with Crippen molar-refractivity contribution in [1.82, 2.24) is 0 Å². The minimum absolute atomic E-state index is 0.124. The lowest BCUT2D eigenvalue weighted by Crippen LogP contribution is -2.31. The van der Waals surface area contributed by atoms with Crippen LogP contribution in [0.15, 0.2) is 34.8 Å². The number of hydrogen-bond donors (Lipinski definition) is 0. The first kappa shape index (κ1) is 13.4. The van der Waals surface area contributed by atoms with Crippen molar-refractivity contribution >= 4 is 33.4 Å². The molecule has 1 aliphatic carbocycles. The standard InChI is InChI=1S/C15H14BrNO3/c1-20-13-7-6-9(16)8-12(13)17-14(18)10-4-2-3-5-11(10)15(17)19/h2-3,6-8,10-11H,4-5H2,1H3. The molecule has 2 aliphatic rings. The number of imide groups is 1. The van der Waals surface area contributed by atoms with E-state index < -0.39 is 0 Å². The lowest BCUT2D eigenvalue weighted by atomic mass is 9.85. The lowest BCUT2D eigenvalue weighted by molar-refractivity contribution is -0.122. The van der Waals surface area contributed by atoms with E-state index in [4.69, 9.17) is 4.74 Å². The third-order valence-electron chi connectivity index (χ3n) is 3.89. The molecule has 2 amide bonds. The summed E-state index contributed by atoms with van der Waals surface area (Å²) < 4.78 is 6.09. The van der Waals surface area contributed by atoms with Crippen LogP contribution in [-0.2, 0) is 9.59 Å². The summed E-state index contributed by atoms with van der Waals surface area (Å²) in [6.07, 6.45) is 5.24. The zero-order valence-corrected chi connectivity index (χ0v) is 12.6. The number of allylic oxidation sites excluding steroid dienone is 2. The molecule has 0 spiro atoms. The number of nitrogens with zero attached hydrogens (tertiary/aromatic N) is 1. The summed E-state index contributed by atoms with van der Waals surface area (Å²) in [5, 5.41) is 0. The van der Waals surface area contributed by atoms with Crippen LogP contribution in [0.3, 0.4) is 0 Å². The number of amides is 2. The van der Waals surface area contributed by atoms with Crippen LogP contribution in [0, 0.1) is 11.8 Å². The maximum atomic E-state index is 12.5. The van der Waals surface area contributed by atoms with Crippen molar-refractivity contribution < 1.29 is 14.3 Å². The van der Waals surface area contributed by atoms with Gasteiger partial charge in [0.25, 0.3) is 0 Å². The molecular weight excluding hydrogens is 322 g/mol. The summed E-state index contributed by atoms with van der Waals surface area (Å²) in [5.74, 6) is -0.171. The molecule has 0 bridgehead atoms. The minimum Gasteiger partial charge on any atom is -0.495 e. The molecule has 4 nitrogen and oxygen atoms in total. The summed E-state index contributed by atoms with van der Waals surface area (Å²) in [6.45, 7) is 0. The number of benzene rings is 1. The number of carbonyl (C=O) groups is 2. The van der Waals surface area contributed by atoms with Crippen LogP contribution in [0.2, 0.25) is 0 Å². The molecule has 20 heavy (non-hydrogen) atoms. The summed E-state index contributed by atoms with van der Waals surface area (Å²) in [4.78, 5) is 26.3. The number of halogens is 1. The van der Waals surface area contributed by atoms with Crippen LogP contribution in [0.25, 0.3) is 0 Å². The van der Waals surface area contributed by atoms with Crippen molar-refractivity contribution in [2.24, 2.45) is 11.8 Å². The zero-order chi connectivity index (χ0) is 14.3. The van der Waals surface area contributed by atoms with Crippen molar-refractivity contribution in [3.05, 3.63) is 34.8 Å². The van der Waals surface area contributed by atoms with Gasteiger partial charge in [-0.15, -0.1) is 0 Å². The number of anilines is 1. The first-order valence-corrected chi connectivity index (χ1v) is 7.29. The molecular formula is C15H14BrNO3. The predicted molar refractivity (Wildman–Crippen MR) is 78.5 cm³/mol. The van der Waals surface area contributed by atoms with Crippen molar-refractivity contribution in [3.8, 4) is 5.75 Å². The Bertz CT molecular complexity index is 585. The highest BCUT2D eigenvalue weighted by atomic mass is 79.9. The Labute approximate surface area is 125 Å². The number of ether oxygens (including phenoxy) is 1. The van der Waals surface area contributed by atoms with Gasteiger partial charge in [0.1, 0.15) is 5.75 Å². The fourth-order valence-corrected chi connectivity index (χ4v) is 3.22. The molecule has 3 rings (SSSR count). The van der Waals surface area contributed by atoms with Crippen LogP contribution < -0.4 is 9.64 Å². The summed E-state index contributed by atoms with van der Waals surface area (Å²) in [7, 11) is 1.53. The van der Waals surface area contributed by atoms with E-state index in [1.54, 1.807) is 12.1 Å². The topological polar surface area (TPSA) is 46.6 Å². The summed E-state index contributed by atoms with van der Waals surface area (Å²) in [5.41, 5.74) is 0.520.